The van der Waals surface area contributed by atoms with Crippen LogP contribution in [-0.2, 0) is 42.7 Å². The molecule has 0 bridgehead atoms. The van der Waals surface area contributed by atoms with Crippen LogP contribution in [0.25, 0.3) is 0 Å². The average molecular weight is 616 g/mol. The molecule has 0 amide bonds. The average Bonchev–Trinajstić information content (AvgIpc) is 2.92. The van der Waals surface area contributed by atoms with Gasteiger partial charge in [-0.05, 0) is 6.42 Å². The third kappa shape index (κ3) is 33.7. The number of carbonyl (C=O) groups is 1. The number of unbranched alkanes of at least 4 members (excludes halogenated alkanes) is 8. The zero-order valence-corrected chi connectivity index (χ0v) is 25.5. The lowest BCUT2D eigenvalue weighted by molar-refractivity contribution is -0.145. The van der Waals surface area contributed by atoms with E-state index in [-0.39, 0.29) is 5.97 Å². The number of alkyl halides is 1. The number of rotatable bonds is 33. The van der Waals surface area contributed by atoms with Gasteiger partial charge in [-0.2, -0.15) is 0 Å². The van der Waals surface area contributed by atoms with E-state index in [2.05, 4.69) is 22.9 Å². The summed E-state index contributed by atoms with van der Waals surface area (Å²) >= 11 is 3.30. The molecule has 0 spiro atoms. The predicted molar refractivity (Wildman–Crippen MR) is 152 cm³/mol. The quantitative estimate of drug-likeness (QED) is 0.0577. The second kappa shape index (κ2) is 34.7. The SMILES string of the molecule is CCCCCCCCCCCC(=O)OCCOCCOCCOCCOCCOCCOCCOCCBr. The monoisotopic (exact) mass is 614 g/mol. The van der Waals surface area contributed by atoms with E-state index in [1.165, 1.54) is 44.9 Å². The molecular weight excluding hydrogens is 560 g/mol. The fourth-order valence-corrected chi connectivity index (χ4v) is 3.57. The molecule has 0 N–H and O–H groups in total. The first kappa shape index (κ1) is 37.7. The standard InChI is InChI=1S/C28H55BrO9/c1-2-3-4-5-6-7-8-9-10-11-28(30)38-27-26-37-25-24-36-23-22-35-21-20-34-19-18-33-17-16-32-15-14-31-13-12-29/h2-27H2,1H3. The van der Waals surface area contributed by atoms with Crippen LogP contribution < -0.4 is 0 Å². The molecule has 0 saturated carbocycles. The smallest absolute Gasteiger partial charge is 0.305 e. The van der Waals surface area contributed by atoms with Crippen LogP contribution in [0.4, 0.5) is 0 Å². The summed E-state index contributed by atoms with van der Waals surface area (Å²) in [6, 6.07) is 0. The molecule has 0 atom stereocenters. The van der Waals surface area contributed by atoms with Crippen LogP contribution in [0.2, 0.25) is 0 Å². The van der Waals surface area contributed by atoms with Gasteiger partial charge in [0.15, 0.2) is 0 Å². The molecule has 228 valence electrons. The van der Waals surface area contributed by atoms with Crippen LogP contribution in [0, 0.1) is 0 Å². The molecule has 10 heteroatoms. The Hall–Kier alpha value is -0.330. The van der Waals surface area contributed by atoms with Gasteiger partial charge >= 0.3 is 5.97 Å². The molecule has 0 heterocycles. The van der Waals surface area contributed by atoms with Crippen molar-refractivity contribution in [1.29, 1.82) is 0 Å². The van der Waals surface area contributed by atoms with Gasteiger partial charge in [-0.3, -0.25) is 4.79 Å². The highest BCUT2D eigenvalue weighted by atomic mass is 79.9. The molecule has 38 heavy (non-hydrogen) atoms. The van der Waals surface area contributed by atoms with Crippen LogP contribution in [0.1, 0.15) is 71.1 Å². The minimum absolute atomic E-state index is 0.130. The van der Waals surface area contributed by atoms with Crippen molar-refractivity contribution in [2.24, 2.45) is 0 Å². The van der Waals surface area contributed by atoms with Crippen molar-refractivity contribution in [2.45, 2.75) is 71.1 Å². The van der Waals surface area contributed by atoms with Crippen molar-refractivity contribution in [3.63, 3.8) is 0 Å². The lowest BCUT2D eigenvalue weighted by Crippen LogP contribution is -2.15. The maximum absolute atomic E-state index is 11.7. The fourth-order valence-electron chi connectivity index (χ4n) is 3.34. The number of ether oxygens (including phenoxy) is 8. The molecule has 0 aliphatic rings. The molecule has 0 radical (unpaired) electrons. The van der Waals surface area contributed by atoms with Gasteiger partial charge in [0.05, 0.1) is 92.5 Å². The molecule has 0 aliphatic carbocycles. The zero-order chi connectivity index (χ0) is 27.6. The highest BCUT2D eigenvalue weighted by Gasteiger charge is 2.02. The maximum atomic E-state index is 11.7. The van der Waals surface area contributed by atoms with E-state index in [1.807, 2.05) is 0 Å². The Morgan fingerprint density at radius 3 is 1.13 bits per heavy atom. The summed E-state index contributed by atoms with van der Waals surface area (Å²) in [4.78, 5) is 11.7. The number of hydrogen-bond acceptors (Lipinski definition) is 9. The van der Waals surface area contributed by atoms with Crippen molar-refractivity contribution < 1.29 is 42.7 Å². The van der Waals surface area contributed by atoms with E-state index in [4.69, 9.17) is 37.9 Å². The molecule has 0 fully saturated rings. The van der Waals surface area contributed by atoms with Crippen LogP contribution in [0.3, 0.4) is 0 Å². The van der Waals surface area contributed by atoms with Crippen LogP contribution >= 0.6 is 15.9 Å². The maximum Gasteiger partial charge on any atom is 0.305 e. The van der Waals surface area contributed by atoms with Gasteiger partial charge in [-0.25, -0.2) is 0 Å². The Labute approximate surface area is 240 Å². The predicted octanol–water partition coefficient (Wildman–Crippen LogP) is 4.96. The van der Waals surface area contributed by atoms with Crippen LogP contribution in [-0.4, -0.2) is 110 Å². The molecule has 0 saturated heterocycles. The number of halogens is 1. The number of esters is 1. The molecule has 0 aromatic carbocycles. The second-order valence-corrected chi connectivity index (χ2v) is 9.57. The Kier molecular flexibility index (Phi) is 34.4. The number of hydrogen-bond donors (Lipinski definition) is 0. The number of carbonyl (C=O) groups excluding carboxylic acids is 1. The van der Waals surface area contributed by atoms with Gasteiger partial charge in [0.1, 0.15) is 6.61 Å². The molecule has 0 rings (SSSR count). The molecule has 9 nitrogen and oxygen atoms in total. The Balaban J connectivity index is 3.11. The largest absolute Gasteiger partial charge is 0.463 e. The van der Waals surface area contributed by atoms with Gasteiger partial charge in [-0.15, -0.1) is 0 Å². The van der Waals surface area contributed by atoms with E-state index >= 15 is 0 Å². The van der Waals surface area contributed by atoms with E-state index < -0.39 is 0 Å². The summed E-state index contributed by atoms with van der Waals surface area (Å²) in [5.74, 6) is -0.130. The van der Waals surface area contributed by atoms with E-state index in [9.17, 15) is 4.79 Å². The topological polar surface area (TPSA) is 90.9 Å². The zero-order valence-electron chi connectivity index (χ0n) is 23.9. The molecule has 0 aromatic heterocycles. The van der Waals surface area contributed by atoms with Gasteiger partial charge in [0.2, 0.25) is 0 Å². The highest BCUT2D eigenvalue weighted by Crippen LogP contribution is 2.10. The third-order valence-electron chi connectivity index (χ3n) is 5.43. The molecule has 0 aliphatic heterocycles. The minimum Gasteiger partial charge on any atom is -0.463 e. The van der Waals surface area contributed by atoms with Gasteiger partial charge < -0.3 is 37.9 Å². The first-order chi connectivity index (χ1) is 18.8. The Morgan fingerprint density at radius 1 is 0.447 bits per heavy atom. The Bertz CT molecular complexity index is 458. The van der Waals surface area contributed by atoms with Crippen molar-refractivity contribution in [2.75, 3.05) is 104 Å². The van der Waals surface area contributed by atoms with E-state index in [0.717, 1.165) is 18.2 Å². The van der Waals surface area contributed by atoms with Gasteiger partial charge in [0, 0.05) is 11.8 Å². The van der Waals surface area contributed by atoms with Crippen molar-refractivity contribution in [1.82, 2.24) is 0 Å². The molecule has 0 unspecified atom stereocenters. The van der Waals surface area contributed by atoms with Crippen LogP contribution in [0.15, 0.2) is 0 Å². The minimum atomic E-state index is -0.130. The lowest BCUT2D eigenvalue weighted by atomic mass is 10.1. The van der Waals surface area contributed by atoms with Crippen molar-refractivity contribution in [3.05, 3.63) is 0 Å². The summed E-state index contributed by atoms with van der Waals surface area (Å²) in [6.07, 6.45) is 11.7. The summed E-state index contributed by atoms with van der Waals surface area (Å²) in [5, 5.41) is 0.839. The highest BCUT2D eigenvalue weighted by molar-refractivity contribution is 9.09. The first-order valence-corrected chi connectivity index (χ1v) is 15.7. The fraction of sp³-hybridized carbons (Fsp3) is 0.964. The molecular formula is C28H55BrO9. The van der Waals surface area contributed by atoms with Gasteiger partial charge in [-0.1, -0.05) is 74.2 Å². The summed E-state index contributed by atoms with van der Waals surface area (Å²) in [7, 11) is 0. The van der Waals surface area contributed by atoms with Crippen molar-refractivity contribution in [3.8, 4) is 0 Å². The first-order valence-electron chi connectivity index (χ1n) is 14.6. The summed E-state index contributed by atoms with van der Waals surface area (Å²) in [6.45, 7) is 9.96. The van der Waals surface area contributed by atoms with E-state index in [0.29, 0.717) is 106 Å². The molecule has 0 aromatic rings. The summed E-state index contributed by atoms with van der Waals surface area (Å²) < 4.78 is 43.1. The Morgan fingerprint density at radius 2 is 0.763 bits per heavy atom. The van der Waals surface area contributed by atoms with E-state index in [1.54, 1.807) is 0 Å². The normalized spacial score (nSPS) is 11.3. The van der Waals surface area contributed by atoms with Crippen molar-refractivity contribution >= 4 is 21.9 Å². The van der Waals surface area contributed by atoms with Crippen LogP contribution in [0.5, 0.6) is 0 Å². The summed E-state index contributed by atoms with van der Waals surface area (Å²) in [5.41, 5.74) is 0. The second-order valence-electron chi connectivity index (χ2n) is 8.77. The third-order valence-corrected chi connectivity index (χ3v) is 5.75. The van der Waals surface area contributed by atoms with Gasteiger partial charge in [0.25, 0.3) is 0 Å². The lowest BCUT2D eigenvalue weighted by Gasteiger charge is -2.08.